The highest BCUT2D eigenvalue weighted by Crippen LogP contribution is 2.21. The van der Waals surface area contributed by atoms with Gasteiger partial charge in [-0.05, 0) is 26.0 Å². The van der Waals surface area contributed by atoms with Crippen LogP contribution in [0.15, 0.2) is 24.5 Å². The second-order valence-electron chi connectivity index (χ2n) is 4.27. The molecular formula is C12H15N3O2. The van der Waals surface area contributed by atoms with E-state index in [1.165, 1.54) is 7.11 Å². The number of hydrogen-bond acceptors (Lipinski definition) is 3. The Labute approximate surface area is 99.2 Å². The van der Waals surface area contributed by atoms with Gasteiger partial charge in [-0.15, -0.1) is 0 Å². The highest BCUT2D eigenvalue weighted by atomic mass is 16.5. The number of benzene rings is 1. The summed E-state index contributed by atoms with van der Waals surface area (Å²) in [6.07, 6.45) is 1.60. The minimum Gasteiger partial charge on any atom is -0.369 e. The molecule has 1 aromatic heterocycles. The van der Waals surface area contributed by atoms with Crippen LogP contribution in [0.3, 0.4) is 0 Å². The van der Waals surface area contributed by atoms with Crippen molar-refractivity contribution in [2.75, 3.05) is 12.4 Å². The molecule has 5 nitrogen and oxygen atoms in total. The van der Waals surface area contributed by atoms with Crippen LogP contribution in [0, 0.1) is 0 Å². The first-order valence-corrected chi connectivity index (χ1v) is 5.33. The molecule has 0 bridgehead atoms. The van der Waals surface area contributed by atoms with Gasteiger partial charge in [-0.3, -0.25) is 4.79 Å². The predicted molar refractivity (Wildman–Crippen MR) is 65.8 cm³/mol. The number of amides is 1. The van der Waals surface area contributed by atoms with Crippen LogP contribution in [0.1, 0.15) is 13.8 Å². The van der Waals surface area contributed by atoms with Gasteiger partial charge in [-0.1, -0.05) is 6.07 Å². The maximum absolute atomic E-state index is 12.0. The molecule has 5 heteroatoms. The fourth-order valence-electron chi connectivity index (χ4n) is 1.43. The quantitative estimate of drug-likeness (QED) is 0.851. The summed E-state index contributed by atoms with van der Waals surface area (Å²) in [6, 6.07) is 5.57. The average Bonchev–Trinajstić information content (AvgIpc) is 2.78. The van der Waals surface area contributed by atoms with Gasteiger partial charge in [0.15, 0.2) is 0 Å². The van der Waals surface area contributed by atoms with E-state index in [0.29, 0.717) is 5.69 Å². The van der Waals surface area contributed by atoms with Crippen molar-refractivity contribution in [3.63, 3.8) is 0 Å². The van der Waals surface area contributed by atoms with Gasteiger partial charge in [-0.25, -0.2) is 4.98 Å². The van der Waals surface area contributed by atoms with Gasteiger partial charge in [-0.2, -0.15) is 0 Å². The van der Waals surface area contributed by atoms with Crippen LogP contribution in [-0.4, -0.2) is 28.6 Å². The number of fused-ring (bicyclic) bond motifs is 1. The number of carbonyl (C=O) groups is 1. The molecule has 17 heavy (non-hydrogen) atoms. The van der Waals surface area contributed by atoms with E-state index in [1.54, 1.807) is 20.2 Å². The zero-order valence-electron chi connectivity index (χ0n) is 10.1. The number of anilines is 1. The number of rotatable bonds is 3. The standard InChI is InChI=1S/C12H15N3O2/c1-12(2,17-3)11(16)15-9-6-4-5-8-10(9)14-7-13-8/h4-7H,1-3H3,(H,13,14)(H,15,16). The number of ether oxygens (including phenoxy) is 1. The number of carbonyl (C=O) groups excluding carboxylic acids is 1. The summed E-state index contributed by atoms with van der Waals surface area (Å²) in [6.45, 7) is 3.43. The number of aromatic amines is 1. The first-order chi connectivity index (χ1) is 8.04. The van der Waals surface area contributed by atoms with Gasteiger partial charge in [0.2, 0.25) is 0 Å². The van der Waals surface area contributed by atoms with E-state index >= 15 is 0 Å². The van der Waals surface area contributed by atoms with Crippen molar-refractivity contribution in [2.45, 2.75) is 19.4 Å². The van der Waals surface area contributed by atoms with Crippen LogP contribution >= 0.6 is 0 Å². The number of nitrogens with one attached hydrogen (secondary N) is 2. The maximum atomic E-state index is 12.0. The fraction of sp³-hybridized carbons (Fsp3) is 0.333. The molecule has 0 atom stereocenters. The SMILES string of the molecule is COC(C)(C)C(=O)Nc1cccc2[nH]cnc12. The molecule has 0 spiro atoms. The van der Waals surface area contributed by atoms with Gasteiger partial charge in [0, 0.05) is 7.11 Å². The molecule has 2 rings (SSSR count). The number of nitrogens with zero attached hydrogens (tertiary/aromatic N) is 1. The highest BCUT2D eigenvalue weighted by Gasteiger charge is 2.27. The summed E-state index contributed by atoms with van der Waals surface area (Å²) >= 11 is 0. The number of hydrogen-bond donors (Lipinski definition) is 2. The Morgan fingerprint density at radius 1 is 1.47 bits per heavy atom. The molecule has 1 amide bonds. The van der Waals surface area contributed by atoms with Gasteiger partial charge in [0.05, 0.1) is 17.5 Å². The van der Waals surface area contributed by atoms with E-state index in [-0.39, 0.29) is 5.91 Å². The van der Waals surface area contributed by atoms with Crippen molar-refractivity contribution >= 4 is 22.6 Å². The van der Waals surface area contributed by atoms with E-state index in [1.807, 2.05) is 18.2 Å². The summed E-state index contributed by atoms with van der Waals surface area (Å²) < 4.78 is 5.12. The second-order valence-corrected chi connectivity index (χ2v) is 4.27. The molecule has 0 saturated carbocycles. The van der Waals surface area contributed by atoms with Crippen LogP contribution in [0.4, 0.5) is 5.69 Å². The third-order valence-corrected chi connectivity index (χ3v) is 2.76. The smallest absolute Gasteiger partial charge is 0.256 e. The summed E-state index contributed by atoms with van der Waals surface area (Å²) in [5.74, 6) is -0.199. The van der Waals surface area contributed by atoms with Gasteiger partial charge >= 0.3 is 0 Å². The molecule has 0 radical (unpaired) electrons. The maximum Gasteiger partial charge on any atom is 0.256 e. The summed E-state index contributed by atoms with van der Waals surface area (Å²) in [4.78, 5) is 19.1. The van der Waals surface area contributed by atoms with Crippen molar-refractivity contribution in [3.8, 4) is 0 Å². The van der Waals surface area contributed by atoms with Gasteiger partial charge in [0.25, 0.3) is 5.91 Å². The number of para-hydroxylation sites is 1. The highest BCUT2D eigenvalue weighted by molar-refractivity contribution is 6.02. The lowest BCUT2D eigenvalue weighted by Crippen LogP contribution is -2.38. The van der Waals surface area contributed by atoms with Gasteiger partial charge < -0.3 is 15.0 Å². The minimum atomic E-state index is -0.863. The fourth-order valence-corrected chi connectivity index (χ4v) is 1.43. The first-order valence-electron chi connectivity index (χ1n) is 5.33. The summed E-state index contributed by atoms with van der Waals surface area (Å²) in [5, 5.41) is 2.82. The zero-order chi connectivity index (χ0) is 12.5. The van der Waals surface area contributed by atoms with Gasteiger partial charge in [0.1, 0.15) is 11.1 Å². The lowest BCUT2D eigenvalue weighted by molar-refractivity contribution is -0.133. The molecule has 0 aliphatic rings. The Hall–Kier alpha value is -1.88. The Bertz CT molecular complexity index is 545. The lowest BCUT2D eigenvalue weighted by Gasteiger charge is -2.21. The normalized spacial score (nSPS) is 11.7. The second kappa shape index (κ2) is 4.18. The van der Waals surface area contributed by atoms with Crippen molar-refractivity contribution < 1.29 is 9.53 Å². The first kappa shape index (κ1) is 11.6. The predicted octanol–water partition coefficient (Wildman–Crippen LogP) is 1.93. The molecule has 1 heterocycles. The molecule has 2 N–H and O–H groups in total. The molecular weight excluding hydrogens is 218 g/mol. The van der Waals surface area contributed by atoms with Crippen LogP contribution in [0.2, 0.25) is 0 Å². The van der Waals surface area contributed by atoms with Crippen molar-refractivity contribution in [1.29, 1.82) is 0 Å². The molecule has 0 fully saturated rings. The Morgan fingerprint density at radius 3 is 2.94 bits per heavy atom. The van der Waals surface area contributed by atoms with Crippen molar-refractivity contribution in [2.24, 2.45) is 0 Å². The third-order valence-electron chi connectivity index (χ3n) is 2.76. The molecule has 1 aromatic carbocycles. The largest absolute Gasteiger partial charge is 0.369 e. The van der Waals surface area contributed by atoms with Crippen LogP contribution < -0.4 is 5.32 Å². The summed E-state index contributed by atoms with van der Waals surface area (Å²) in [5.41, 5.74) is 1.45. The monoisotopic (exact) mass is 233 g/mol. The number of methoxy groups -OCH3 is 1. The van der Waals surface area contributed by atoms with E-state index < -0.39 is 5.60 Å². The molecule has 0 aliphatic heterocycles. The topological polar surface area (TPSA) is 67.0 Å². The lowest BCUT2D eigenvalue weighted by atomic mass is 10.1. The molecule has 90 valence electrons. The molecule has 0 saturated heterocycles. The van der Waals surface area contributed by atoms with E-state index in [2.05, 4.69) is 15.3 Å². The summed E-state index contributed by atoms with van der Waals surface area (Å²) in [7, 11) is 1.51. The number of aromatic nitrogens is 2. The Balaban J connectivity index is 2.30. The van der Waals surface area contributed by atoms with E-state index in [4.69, 9.17) is 4.74 Å². The van der Waals surface area contributed by atoms with Crippen molar-refractivity contribution in [3.05, 3.63) is 24.5 Å². The zero-order valence-corrected chi connectivity index (χ0v) is 10.1. The Morgan fingerprint density at radius 2 is 2.24 bits per heavy atom. The minimum absolute atomic E-state index is 0.199. The number of H-pyrrole nitrogens is 1. The number of imidazole rings is 1. The van der Waals surface area contributed by atoms with E-state index in [0.717, 1.165) is 11.0 Å². The molecule has 0 aliphatic carbocycles. The van der Waals surface area contributed by atoms with Crippen molar-refractivity contribution in [1.82, 2.24) is 9.97 Å². The molecule has 0 unspecified atom stereocenters. The van der Waals surface area contributed by atoms with Crippen LogP contribution in [0.5, 0.6) is 0 Å². The molecule has 2 aromatic rings. The van der Waals surface area contributed by atoms with Crippen LogP contribution in [-0.2, 0) is 9.53 Å². The third kappa shape index (κ3) is 2.14. The van der Waals surface area contributed by atoms with E-state index in [9.17, 15) is 4.79 Å². The Kier molecular flexibility index (Phi) is 2.85. The van der Waals surface area contributed by atoms with Crippen LogP contribution in [0.25, 0.3) is 11.0 Å². The average molecular weight is 233 g/mol.